The summed E-state index contributed by atoms with van der Waals surface area (Å²) < 4.78 is 1.76. The van der Waals surface area contributed by atoms with E-state index < -0.39 is 0 Å². The van der Waals surface area contributed by atoms with Crippen LogP contribution in [0.3, 0.4) is 0 Å². The molecule has 0 aliphatic heterocycles. The third-order valence-electron chi connectivity index (χ3n) is 2.30. The minimum absolute atomic E-state index is 0.0632. The lowest BCUT2D eigenvalue weighted by Gasteiger charge is -2.05. The van der Waals surface area contributed by atoms with E-state index in [1.165, 1.54) is 0 Å². The number of amides is 1. The Labute approximate surface area is 96.0 Å². The van der Waals surface area contributed by atoms with Gasteiger partial charge < -0.3 is 11.1 Å². The van der Waals surface area contributed by atoms with E-state index in [-0.39, 0.29) is 11.9 Å². The van der Waals surface area contributed by atoms with Gasteiger partial charge in [0.25, 0.3) is 0 Å². The molecule has 5 nitrogen and oxygen atoms in total. The Morgan fingerprint density at radius 2 is 2.44 bits per heavy atom. The maximum Gasteiger partial charge on any atom is 0.220 e. The Morgan fingerprint density at radius 1 is 1.69 bits per heavy atom. The topological polar surface area (TPSA) is 72.9 Å². The van der Waals surface area contributed by atoms with Gasteiger partial charge in [-0.05, 0) is 19.4 Å². The van der Waals surface area contributed by atoms with Crippen LogP contribution in [0.5, 0.6) is 0 Å². The lowest BCUT2D eigenvalue weighted by molar-refractivity contribution is -0.121. The van der Waals surface area contributed by atoms with E-state index in [0.29, 0.717) is 13.0 Å². The zero-order chi connectivity index (χ0) is 12.0. The smallest absolute Gasteiger partial charge is 0.220 e. The highest BCUT2D eigenvalue weighted by Crippen LogP contribution is 1.95. The van der Waals surface area contributed by atoms with Crippen LogP contribution in [-0.4, -0.2) is 28.3 Å². The van der Waals surface area contributed by atoms with E-state index in [2.05, 4.69) is 10.4 Å². The van der Waals surface area contributed by atoms with E-state index in [9.17, 15) is 4.79 Å². The number of rotatable bonds is 6. The van der Waals surface area contributed by atoms with Crippen molar-refractivity contribution >= 4 is 5.91 Å². The van der Waals surface area contributed by atoms with Crippen molar-refractivity contribution in [2.24, 2.45) is 12.8 Å². The van der Waals surface area contributed by atoms with Crippen LogP contribution in [0.2, 0.25) is 0 Å². The number of nitrogens with zero attached hydrogens (tertiary/aromatic N) is 2. The summed E-state index contributed by atoms with van der Waals surface area (Å²) in [7, 11) is 1.88. The van der Waals surface area contributed by atoms with Crippen molar-refractivity contribution in [3.05, 3.63) is 18.0 Å². The third-order valence-corrected chi connectivity index (χ3v) is 2.30. The predicted molar refractivity (Wildman–Crippen MR) is 62.8 cm³/mol. The summed E-state index contributed by atoms with van der Waals surface area (Å²) in [5, 5.41) is 7.08. The molecule has 1 heterocycles. The van der Waals surface area contributed by atoms with Crippen LogP contribution in [0.4, 0.5) is 0 Å². The average Bonchev–Trinajstić information content (AvgIpc) is 2.61. The van der Waals surface area contributed by atoms with Gasteiger partial charge in [0.1, 0.15) is 0 Å². The number of nitrogens with one attached hydrogen (secondary N) is 1. The van der Waals surface area contributed by atoms with Gasteiger partial charge in [0.05, 0.1) is 5.69 Å². The monoisotopic (exact) mass is 224 g/mol. The number of nitrogens with two attached hydrogens (primary N) is 1. The van der Waals surface area contributed by atoms with Crippen LogP contribution in [-0.2, 0) is 18.3 Å². The molecular weight excluding hydrogens is 204 g/mol. The summed E-state index contributed by atoms with van der Waals surface area (Å²) >= 11 is 0. The van der Waals surface area contributed by atoms with Gasteiger partial charge in [-0.1, -0.05) is 0 Å². The lowest BCUT2D eigenvalue weighted by Crippen LogP contribution is -2.27. The highest BCUT2D eigenvalue weighted by atomic mass is 16.1. The molecule has 0 radical (unpaired) electrons. The second-order valence-electron chi connectivity index (χ2n) is 4.10. The molecular formula is C11H20N4O. The van der Waals surface area contributed by atoms with Crippen molar-refractivity contribution in [1.82, 2.24) is 15.1 Å². The Hall–Kier alpha value is -1.36. The number of aromatic nitrogens is 2. The van der Waals surface area contributed by atoms with Crippen LogP contribution in [0.15, 0.2) is 12.3 Å². The van der Waals surface area contributed by atoms with Gasteiger partial charge in [-0.3, -0.25) is 9.48 Å². The van der Waals surface area contributed by atoms with E-state index in [1.54, 1.807) is 4.68 Å². The Kier molecular flexibility index (Phi) is 4.98. The van der Waals surface area contributed by atoms with Crippen LogP contribution < -0.4 is 11.1 Å². The van der Waals surface area contributed by atoms with Gasteiger partial charge >= 0.3 is 0 Å². The molecule has 1 rings (SSSR count). The first-order valence-corrected chi connectivity index (χ1v) is 5.58. The first kappa shape index (κ1) is 12.7. The third kappa shape index (κ3) is 4.93. The molecule has 0 aliphatic carbocycles. The maximum atomic E-state index is 11.4. The SMILES string of the molecule is CC(N)CCC(=O)NCCc1ccn(C)n1. The van der Waals surface area contributed by atoms with Gasteiger partial charge in [-0.2, -0.15) is 5.10 Å². The Morgan fingerprint density at radius 3 is 3.00 bits per heavy atom. The van der Waals surface area contributed by atoms with Crippen LogP contribution in [0.25, 0.3) is 0 Å². The summed E-state index contributed by atoms with van der Waals surface area (Å²) in [6.45, 7) is 2.54. The van der Waals surface area contributed by atoms with Gasteiger partial charge in [-0.15, -0.1) is 0 Å². The van der Waals surface area contributed by atoms with Gasteiger partial charge in [0.15, 0.2) is 0 Å². The molecule has 1 aromatic rings. The fraction of sp³-hybridized carbons (Fsp3) is 0.636. The molecule has 1 aromatic heterocycles. The highest BCUT2D eigenvalue weighted by molar-refractivity contribution is 5.75. The first-order chi connectivity index (χ1) is 7.58. The van der Waals surface area contributed by atoms with Crippen LogP contribution >= 0.6 is 0 Å². The summed E-state index contributed by atoms with van der Waals surface area (Å²) in [5.41, 5.74) is 6.57. The second kappa shape index (κ2) is 6.27. The maximum absolute atomic E-state index is 11.4. The molecule has 1 atom stereocenters. The van der Waals surface area contributed by atoms with Crippen molar-refractivity contribution in [2.45, 2.75) is 32.2 Å². The van der Waals surface area contributed by atoms with Crippen LogP contribution in [0.1, 0.15) is 25.5 Å². The molecule has 0 aromatic carbocycles. The van der Waals surface area contributed by atoms with Gasteiger partial charge in [-0.25, -0.2) is 0 Å². The zero-order valence-electron chi connectivity index (χ0n) is 9.94. The number of carbonyl (C=O) groups is 1. The minimum atomic E-state index is 0.0632. The molecule has 1 unspecified atom stereocenters. The molecule has 0 saturated heterocycles. The largest absolute Gasteiger partial charge is 0.356 e. The fourth-order valence-electron chi connectivity index (χ4n) is 1.37. The number of hydrogen-bond acceptors (Lipinski definition) is 3. The van der Waals surface area contributed by atoms with Gasteiger partial charge in [0.2, 0.25) is 5.91 Å². The average molecular weight is 224 g/mol. The highest BCUT2D eigenvalue weighted by Gasteiger charge is 2.03. The van der Waals surface area contributed by atoms with Crippen LogP contribution in [0, 0.1) is 0 Å². The van der Waals surface area contributed by atoms with E-state index in [0.717, 1.165) is 18.5 Å². The molecule has 1 amide bonds. The van der Waals surface area contributed by atoms with Crippen molar-refractivity contribution < 1.29 is 4.79 Å². The first-order valence-electron chi connectivity index (χ1n) is 5.58. The molecule has 0 aliphatic rings. The van der Waals surface area contributed by atoms with Crippen molar-refractivity contribution in [3.63, 3.8) is 0 Å². The summed E-state index contributed by atoms with van der Waals surface area (Å²) in [4.78, 5) is 11.4. The van der Waals surface area contributed by atoms with E-state index in [1.807, 2.05) is 26.2 Å². The van der Waals surface area contributed by atoms with E-state index in [4.69, 9.17) is 5.73 Å². The van der Waals surface area contributed by atoms with Crippen molar-refractivity contribution in [1.29, 1.82) is 0 Å². The molecule has 0 fully saturated rings. The molecule has 5 heteroatoms. The Bertz CT molecular complexity index is 332. The molecule has 3 N–H and O–H groups in total. The summed E-state index contributed by atoms with van der Waals surface area (Å²) in [5.74, 6) is 0.0632. The zero-order valence-corrected chi connectivity index (χ0v) is 9.94. The number of aryl methyl sites for hydroxylation is 1. The molecule has 0 spiro atoms. The predicted octanol–water partition coefficient (Wildman–Crippen LogP) is 0.206. The molecule has 16 heavy (non-hydrogen) atoms. The summed E-state index contributed by atoms with van der Waals surface area (Å²) in [6, 6.07) is 2.04. The van der Waals surface area contributed by atoms with E-state index >= 15 is 0 Å². The van der Waals surface area contributed by atoms with Crippen molar-refractivity contribution in [2.75, 3.05) is 6.54 Å². The van der Waals surface area contributed by atoms with Gasteiger partial charge in [0, 0.05) is 38.7 Å². The number of hydrogen-bond donors (Lipinski definition) is 2. The minimum Gasteiger partial charge on any atom is -0.356 e. The second-order valence-corrected chi connectivity index (χ2v) is 4.10. The lowest BCUT2D eigenvalue weighted by atomic mass is 10.2. The molecule has 90 valence electrons. The summed E-state index contributed by atoms with van der Waals surface area (Å²) in [6.07, 6.45) is 3.90. The van der Waals surface area contributed by atoms with Crippen molar-refractivity contribution in [3.8, 4) is 0 Å². The standard InChI is InChI=1S/C11H20N4O/c1-9(12)3-4-11(16)13-7-5-10-6-8-15(2)14-10/h6,8-9H,3-5,7,12H2,1-2H3,(H,13,16). The quantitative estimate of drug-likeness (QED) is 0.725. The molecule has 0 bridgehead atoms. The normalized spacial score (nSPS) is 12.4. The number of carbonyl (C=O) groups excluding carboxylic acids is 1. The fourth-order valence-corrected chi connectivity index (χ4v) is 1.37. The molecule has 0 saturated carbocycles. The Balaban J connectivity index is 2.13.